The molecule has 0 atom stereocenters. The third-order valence-corrected chi connectivity index (χ3v) is 5.50. The van der Waals surface area contributed by atoms with Crippen LogP contribution >= 0.6 is 24.0 Å². The molecule has 2 aliphatic rings. The van der Waals surface area contributed by atoms with Gasteiger partial charge in [-0.05, 0) is 23.6 Å². The van der Waals surface area contributed by atoms with Crippen molar-refractivity contribution in [3.05, 3.63) is 53.9 Å². The molecule has 0 bridgehead atoms. The van der Waals surface area contributed by atoms with Crippen LogP contribution in [-0.2, 0) is 17.9 Å². The highest BCUT2D eigenvalue weighted by atomic mass is 127. The zero-order chi connectivity index (χ0) is 20.1. The van der Waals surface area contributed by atoms with E-state index in [9.17, 15) is 4.79 Å². The lowest BCUT2D eigenvalue weighted by molar-refractivity contribution is -0.128. The number of benzene rings is 1. The highest BCUT2D eigenvalue weighted by molar-refractivity contribution is 14.0. The second kappa shape index (κ2) is 10.6. The summed E-state index contributed by atoms with van der Waals surface area (Å²) in [4.78, 5) is 31.4. The number of nitrogens with two attached hydrogens (primary N) is 1. The molecule has 2 N–H and O–H groups in total. The quantitative estimate of drug-likeness (QED) is 0.367. The molecular weight excluding hydrogens is 493 g/mol. The minimum atomic E-state index is 0. The van der Waals surface area contributed by atoms with Gasteiger partial charge in [0.05, 0.1) is 6.54 Å². The first-order valence-electron chi connectivity index (χ1n) is 10.1. The topological polar surface area (TPSA) is 91.0 Å². The largest absolute Gasteiger partial charge is 0.370 e. The fourth-order valence-electron chi connectivity index (χ4n) is 3.80. The molecule has 1 amide bonds. The number of hydrogen-bond donors (Lipinski definition) is 1. The lowest BCUT2D eigenvalue weighted by Gasteiger charge is -2.35. The van der Waals surface area contributed by atoms with Crippen molar-refractivity contribution in [3.8, 4) is 0 Å². The number of nitrogens with zero attached hydrogens (tertiary/aromatic N) is 6. The number of hydrogen-bond acceptors (Lipinski definition) is 5. The number of piperazine rings is 1. The molecule has 2 fully saturated rings. The van der Waals surface area contributed by atoms with E-state index in [2.05, 4.69) is 36.9 Å². The number of aliphatic imine (C=N–C) groups is 1. The summed E-state index contributed by atoms with van der Waals surface area (Å²) < 4.78 is 0. The van der Waals surface area contributed by atoms with Gasteiger partial charge in [-0.15, -0.1) is 24.0 Å². The molecule has 4 rings (SSSR count). The fraction of sp³-hybridized carbons (Fsp3) is 0.429. The third-order valence-electron chi connectivity index (χ3n) is 5.50. The van der Waals surface area contributed by atoms with Gasteiger partial charge >= 0.3 is 0 Å². The van der Waals surface area contributed by atoms with Crippen LogP contribution in [0, 0.1) is 0 Å². The highest BCUT2D eigenvalue weighted by Crippen LogP contribution is 2.18. The molecule has 2 aliphatic heterocycles. The molecule has 1 aromatic heterocycles. The first-order chi connectivity index (χ1) is 14.2. The van der Waals surface area contributed by atoms with Gasteiger partial charge in [-0.2, -0.15) is 0 Å². The summed E-state index contributed by atoms with van der Waals surface area (Å²) in [5.74, 6) is 1.56. The van der Waals surface area contributed by atoms with E-state index in [1.807, 2.05) is 23.1 Å². The van der Waals surface area contributed by atoms with Crippen molar-refractivity contribution in [3.63, 3.8) is 0 Å². The van der Waals surface area contributed by atoms with E-state index in [1.165, 1.54) is 0 Å². The molecule has 30 heavy (non-hydrogen) atoms. The summed E-state index contributed by atoms with van der Waals surface area (Å²) >= 11 is 0. The monoisotopic (exact) mass is 521 g/mol. The maximum Gasteiger partial charge on any atom is 0.225 e. The zero-order valence-corrected chi connectivity index (χ0v) is 19.3. The molecule has 160 valence electrons. The normalized spacial score (nSPS) is 17.3. The molecule has 0 unspecified atom stereocenters. The zero-order valence-electron chi connectivity index (χ0n) is 17.0. The van der Waals surface area contributed by atoms with E-state index in [0.29, 0.717) is 25.5 Å². The van der Waals surface area contributed by atoms with Crippen LogP contribution in [0.2, 0.25) is 0 Å². The van der Waals surface area contributed by atoms with Crippen molar-refractivity contribution < 1.29 is 4.79 Å². The Morgan fingerprint density at radius 1 is 1.00 bits per heavy atom. The molecule has 0 saturated carbocycles. The second-order valence-electron chi connectivity index (χ2n) is 7.38. The number of guanidine groups is 1. The number of likely N-dealkylation sites (tertiary alicyclic amines) is 1. The van der Waals surface area contributed by atoms with Crippen LogP contribution in [0.25, 0.3) is 0 Å². The smallest absolute Gasteiger partial charge is 0.225 e. The number of aromatic nitrogens is 2. The van der Waals surface area contributed by atoms with E-state index in [4.69, 9.17) is 5.73 Å². The molecule has 2 saturated heterocycles. The van der Waals surface area contributed by atoms with Crippen molar-refractivity contribution in [1.29, 1.82) is 0 Å². The van der Waals surface area contributed by atoms with E-state index in [-0.39, 0.29) is 29.9 Å². The number of halogens is 1. The van der Waals surface area contributed by atoms with Crippen molar-refractivity contribution in [2.24, 2.45) is 10.7 Å². The summed E-state index contributed by atoms with van der Waals surface area (Å²) in [7, 11) is 0. The number of amides is 1. The molecule has 0 spiro atoms. The fourth-order valence-corrected chi connectivity index (χ4v) is 3.80. The van der Waals surface area contributed by atoms with Gasteiger partial charge in [-0.3, -0.25) is 4.79 Å². The Labute approximate surface area is 194 Å². The molecular formula is C21H28IN7O. The standard InChI is InChI=1S/C21H27N7O.HI/c22-20(26-11-13-27(14-12-26)21-23-8-4-9-24-21)25-15-17-5-1-2-6-18(17)16-28-10-3-7-19(28)29;/h1-2,4-6,8-9H,3,7,10-16H2,(H2,22,25);1H. The van der Waals surface area contributed by atoms with E-state index < -0.39 is 0 Å². The summed E-state index contributed by atoms with van der Waals surface area (Å²) in [5, 5.41) is 0. The van der Waals surface area contributed by atoms with E-state index >= 15 is 0 Å². The van der Waals surface area contributed by atoms with Gasteiger partial charge in [-0.1, -0.05) is 24.3 Å². The first kappa shape index (κ1) is 22.3. The second-order valence-corrected chi connectivity index (χ2v) is 7.38. The summed E-state index contributed by atoms with van der Waals surface area (Å²) in [5.41, 5.74) is 8.54. The van der Waals surface area contributed by atoms with E-state index in [0.717, 1.165) is 56.2 Å². The van der Waals surface area contributed by atoms with Gasteiger partial charge in [0.15, 0.2) is 5.96 Å². The van der Waals surface area contributed by atoms with Crippen LogP contribution in [0.15, 0.2) is 47.7 Å². The van der Waals surface area contributed by atoms with Crippen molar-refractivity contribution in [2.45, 2.75) is 25.9 Å². The molecule has 3 heterocycles. The SMILES string of the molecule is I.NC(=NCc1ccccc1CN1CCCC1=O)N1CCN(c2ncccn2)CC1. The molecule has 2 aromatic rings. The number of anilines is 1. The lowest BCUT2D eigenvalue weighted by atomic mass is 10.1. The Morgan fingerprint density at radius 2 is 1.70 bits per heavy atom. The Kier molecular flexibility index (Phi) is 7.83. The van der Waals surface area contributed by atoms with Crippen LogP contribution in [0.5, 0.6) is 0 Å². The van der Waals surface area contributed by atoms with Gasteiger partial charge in [0, 0.05) is 58.1 Å². The Bertz CT molecular complexity index is 869. The predicted molar refractivity (Wildman–Crippen MR) is 128 cm³/mol. The Balaban J connectivity index is 0.00000256. The Morgan fingerprint density at radius 3 is 2.37 bits per heavy atom. The minimum Gasteiger partial charge on any atom is -0.370 e. The van der Waals surface area contributed by atoms with Crippen LogP contribution in [-0.4, -0.2) is 64.4 Å². The maximum absolute atomic E-state index is 12.0. The van der Waals surface area contributed by atoms with Crippen molar-refractivity contribution in [1.82, 2.24) is 19.8 Å². The van der Waals surface area contributed by atoms with Gasteiger partial charge < -0.3 is 20.4 Å². The number of rotatable bonds is 5. The third kappa shape index (κ3) is 5.38. The maximum atomic E-state index is 12.0. The summed E-state index contributed by atoms with van der Waals surface area (Å²) in [6, 6.07) is 9.98. The molecule has 0 aliphatic carbocycles. The van der Waals surface area contributed by atoms with Crippen LogP contribution in [0.4, 0.5) is 5.95 Å². The number of carbonyl (C=O) groups excluding carboxylic acids is 1. The van der Waals surface area contributed by atoms with Crippen LogP contribution in [0.1, 0.15) is 24.0 Å². The van der Waals surface area contributed by atoms with Gasteiger partial charge in [0.2, 0.25) is 11.9 Å². The lowest BCUT2D eigenvalue weighted by Crippen LogP contribution is -2.51. The first-order valence-corrected chi connectivity index (χ1v) is 10.1. The van der Waals surface area contributed by atoms with Crippen molar-refractivity contribution in [2.75, 3.05) is 37.6 Å². The molecule has 1 aromatic carbocycles. The van der Waals surface area contributed by atoms with Crippen LogP contribution < -0.4 is 10.6 Å². The summed E-state index contributed by atoms with van der Waals surface area (Å²) in [6.07, 6.45) is 5.13. The molecule has 9 heteroatoms. The average Bonchev–Trinajstić information content (AvgIpc) is 3.18. The van der Waals surface area contributed by atoms with Gasteiger partial charge in [0.1, 0.15) is 0 Å². The van der Waals surface area contributed by atoms with Crippen molar-refractivity contribution >= 4 is 41.8 Å². The van der Waals surface area contributed by atoms with Crippen LogP contribution in [0.3, 0.4) is 0 Å². The van der Waals surface area contributed by atoms with Gasteiger partial charge in [0.25, 0.3) is 0 Å². The predicted octanol–water partition coefficient (Wildman–Crippen LogP) is 1.85. The highest BCUT2D eigenvalue weighted by Gasteiger charge is 2.22. The summed E-state index contributed by atoms with van der Waals surface area (Å²) in [6.45, 7) is 5.22. The Hall–Kier alpha value is -2.43. The average molecular weight is 521 g/mol. The molecule has 0 radical (unpaired) electrons. The van der Waals surface area contributed by atoms with E-state index in [1.54, 1.807) is 12.4 Å². The number of carbonyl (C=O) groups is 1. The molecule has 8 nitrogen and oxygen atoms in total. The van der Waals surface area contributed by atoms with Gasteiger partial charge in [-0.25, -0.2) is 15.0 Å². The minimum absolute atomic E-state index is 0.